The number of hydrogen-bond acceptors (Lipinski definition) is 4. The quantitative estimate of drug-likeness (QED) is 0.749. The Morgan fingerprint density at radius 1 is 1.29 bits per heavy atom. The maximum absolute atomic E-state index is 11.9. The van der Waals surface area contributed by atoms with Crippen LogP contribution in [0, 0.1) is 0 Å². The summed E-state index contributed by atoms with van der Waals surface area (Å²) in [6, 6.07) is 8.77. The first-order valence-corrected chi connectivity index (χ1v) is 8.33. The molecule has 24 heavy (non-hydrogen) atoms. The molecule has 2 aromatic rings. The summed E-state index contributed by atoms with van der Waals surface area (Å²) in [5, 5.41) is 6.84. The van der Waals surface area contributed by atoms with Crippen LogP contribution in [0.25, 0.3) is 0 Å². The first-order valence-electron chi connectivity index (χ1n) is 7.58. The zero-order chi connectivity index (χ0) is 17.5. The summed E-state index contributed by atoms with van der Waals surface area (Å²) in [5.41, 5.74) is 0.598. The van der Waals surface area contributed by atoms with Gasteiger partial charge in [-0.3, -0.25) is 4.79 Å². The normalized spacial score (nSPS) is 11.7. The van der Waals surface area contributed by atoms with Gasteiger partial charge in [0.2, 0.25) is 0 Å². The molecular formula is C17H19Cl2N3O2. The van der Waals surface area contributed by atoms with Gasteiger partial charge < -0.3 is 15.4 Å². The van der Waals surface area contributed by atoms with Crippen LogP contribution < -0.4 is 15.4 Å². The molecule has 0 aliphatic rings. The van der Waals surface area contributed by atoms with Gasteiger partial charge in [0, 0.05) is 11.1 Å². The number of hydrogen-bond donors (Lipinski definition) is 2. The number of amides is 1. The second kappa shape index (κ2) is 8.76. The van der Waals surface area contributed by atoms with E-state index in [1.807, 2.05) is 6.07 Å². The third-order valence-electron chi connectivity index (χ3n) is 3.31. The number of nitrogens with one attached hydrogen (secondary N) is 2. The summed E-state index contributed by atoms with van der Waals surface area (Å²) in [6.45, 7) is 4.02. The van der Waals surface area contributed by atoms with Crippen molar-refractivity contribution in [2.45, 2.75) is 26.3 Å². The predicted octanol–water partition coefficient (Wildman–Crippen LogP) is 4.62. The summed E-state index contributed by atoms with van der Waals surface area (Å²) in [7, 11) is 0. The van der Waals surface area contributed by atoms with E-state index in [2.05, 4.69) is 29.5 Å². The minimum atomic E-state index is -0.301. The number of benzene rings is 1. The van der Waals surface area contributed by atoms with E-state index in [0.717, 1.165) is 12.2 Å². The van der Waals surface area contributed by atoms with Crippen molar-refractivity contribution in [1.29, 1.82) is 0 Å². The molecule has 0 aliphatic heterocycles. The lowest BCUT2D eigenvalue weighted by Gasteiger charge is -2.12. The van der Waals surface area contributed by atoms with Gasteiger partial charge in [0.05, 0.1) is 16.9 Å². The highest BCUT2D eigenvalue weighted by Crippen LogP contribution is 2.27. The Kier molecular flexibility index (Phi) is 6.70. The topological polar surface area (TPSA) is 63.2 Å². The molecule has 1 atom stereocenters. The van der Waals surface area contributed by atoms with Crippen molar-refractivity contribution in [2.24, 2.45) is 0 Å². The fourth-order valence-electron chi connectivity index (χ4n) is 1.84. The van der Waals surface area contributed by atoms with E-state index in [0.29, 0.717) is 27.5 Å². The van der Waals surface area contributed by atoms with Crippen molar-refractivity contribution < 1.29 is 9.53 Å². The SMILES string of the molecule is CCC(C)Nc1ccc(NC(=O)COc2ccc(Cl)cc2Cl)cn1. The molecule has 5 nitrogen and oxygen atoms in total. The molecule has 7 heteroatoms. The van der Waals surface area contributed by atoms with Gasteiger partial charge in [-0.05, 0) is 43.7 Å². The maximum Gasteiger partial charge on any atom is 0.262 e. The van der Waals surface area contributed by atoms with Crippen molar-refractivity contribution >= 4 is 40.6 Å². The molecular weight excluding hydrogens is 349 g/mol. The van der Waals surface area contributed by atoms with Gasteiger partial charge in [-0.15, -0.1) is 0 Å². The van der Waals surface area contributed by atoms with E-state index in [-0.39, 0.29) is 12.5 Å². The number of anilines is 2. The number of carbonyl (C=O) groups is 1. The van der Waals surface area contributed by atoms with Gasteiger partial charge in [-0.25, -0.2) is 4.98 Å². The van der Waals surface area contributed by atoms with Gasteiger partial charge in [0.1, 0.15) is 11.6 Å². The lowest BCUT2D eigenvalue weighted by molar-refractivity contribution is -0.118. The van der Waals surface area contributed by atoms with Crippen LogP contribution in [0.5, 0.6) is 5.75 Å². The Bertz CT molecular complexity index is 693. The molecule has 1 aromatic heterocycles. The van der Waals surface area contributed by atoms with Crippen LogP contribution in [0.2, 0.25) is 10.0 Å². The third-order valence-corrected chi connectivity index (χ3v) is 3.84. The van der Waals surface area contributed by atoms with Gasteiger partial charge in [-0.2, -0.15) is 0 Å². The Morgan fingerprint density at radius 2 is 2.08 bits per heavy atom. The van der Waals surface area contributed by atoms with Crippen molar-refractivity contribution in [1.82, 2.24) is 4.98 Å². The largest absolute Gasteiger partial charge is 0.482 e. The minimum Gasteiger partial charge on any atom is -0.482 e. The van der Waals surface area contributed by atoms with E-state index in [9.17, 15) is 4.79 Å². The van der Waals surface area contributed by atoms with E-state index < -0.39 is 0 Å². The minimum absolute atomic E-state index is 0.159. The van der Waals surface area contributed by atoms with Crippen LogP contribution in [0.1, 0.15) is 20.3 Å². The summed E-state index contributed by atoms with van der Waals surface area (Å²) >= 11 is 11.8. The molecule has 0 aliphatic carbocycles. The van der Waals surface area contributed by atoms with E-state index in [4.69, 9.17) is 27.9 Å². The molecule has 1 heterocycles. The van der Waals surface area contributed by atoms with Gasteiger partial charge >= 0.3 is 0 Å². The number of carbonyl (C=O) groups excluding carboxylic acids is 1. The number of pyridine rings is 1. The summed E-state index contributed by atoms with van der Waals surface area (Å²) < 4.78 is 5.38. The standard InChI is InChI=1S/C17H19Cl2N3O2/c1-3-11(2)21-16-7-5-13(9-20-16)22-17(23)10-24-15-6-4-12(18)8-14(15)19/h4-9,11H,3,10H2,1-2H3,(H,20,21)(H,22,23). The number of nitrogens with zero attached hydrogens (tertiary/aromatic N) is 1. The molecule has 0 spiro atoms. The third kappa shape index (κ3) is 5.58. The lowest BCUT2D eigenvalue weighted by Crippen LogP contribution is -2.20. The molecule has 0 saturated carbocycles. The number of ether oxygens (including phenoxy) is 1. The Morgan fingerprint density at radius 3 is 2.71 bits per heavy atom. The molecule has 2 N–H and O–H groups in total. The summed E-state index contributed by atoms with van der Waals surface area (Å²) in [6.07, 6.45) is 2.60. The van der Waals surface area contributed by atoms with Crippen LogP contribution in [0.15, 0.2) is 36.5 Å². The molecule has 1 unspecified atom stereocenters. The van der Waals surface area contributed by atoms with Crippen LogP contribution in [0.4, 0.5) is 11.5 Å². The molecule has 0 radical (unpaired) electrons. The zero-order valence-electron chi connectivity index (χ0n) is 13.5. The fraction of sp³-hybridized carbons (Fsp3) is 0.294. The first-order chi connectivity index (χ1) is 11.5. The van der Waals surface area contributed by atoms with E-state index in [1.54, 1.807) is 30.5 Å². The van der Waals surface area contributed by atoms with Gasteiger partial charge in [0.25, 0.3) is 5.91 Å². The second-order valence-corrected chi connectivity index (χ2v) is 6.14. The van der Waals surface area contributed by atoms with Crippen molar-refractivity contribution in [3.8, 4) is 5.75 Å². The fourth-order valence-corrected chi connectivity index (χ4v) is 2.30. The molecule has 0 bridgehead atoms. The zero-order valence-corrected chi connectivity index (χ0v) is 15.0. The van der Waals surface area contributed by atoms with Crippen LogP contribution in [-0.2, 0) is 4.79 Å². The van der Waals surface area contributed by atoms with Crippen LogP contribution >= 0.6 is 23.2 Å². The number of halogens is 2. The highest BCUT2D eigenvalue weighted by Gasteiger charge is 2.08. The molecule has 0 saturated heterocycles. The molecule has 0 fully saturated rings. The number of rotatable bonds is 7. The molecule has 1 aromatic carbocycles. The average molecular weight is 368 g/mol. The van der Waals surface area contributed by atoms with Crippen molar-refractivity contribution in [2.75, 3.05) is 17.2 Å². The monoisotopic (exact) mass is 367 g/mol. The molecule has 128 valence electrons. The Balaban J connectivity index is 1.85. The summed E-state index contributed by atoms with van der Waals surface area (Å²) in [5.74, 6) is 0.874. The molecule has 2 rings (SSSR count). The smallest absolute Gasteiger partial charge is 0.262 e. The Hall–Kier alpha value is -1.98. The van der Waals surface area contributed by atoms with E-state index in [1.165, 1.54) is 0 Å². The predicted molar refractivity (Wildman–Crippen MR) is 98.2 cm³/mol. The summed E-state index contributed by atoms with van der Waals surface area (Å²) in [4.78, 5) is 16.2. The lowest BCUT2D eigenvalue weighted by atomic mass is 10.2. The number of aromatic nitrogens is 1. The van der Waals surface area contributed by atoms with Gasteiger partial charge in [-0.1, -0.05) is 30.1 Å². The van der Waals surface area contributed by atoms with Gasteiger partial charge in [0.15, 0.2) is 6.61 Å². The highest BCUT2D eigenvalue weighted by molar-refractivity contribution is 6.35. The van der Waals surface area contributed by atoms with Crippen molar-refractivity contribution in [3.63, 3.8) is 0 Å². The first kappa shape index (κ1) is 18.4. The van der Waals surface area contributed by atoms with Crippen molar-refractivity contribution in [3.05, 3.63) is 46.6 Å². The van der Waals surface area contributed by atoms with E-state index >= 15 is 0 Å². The molecule has 1 amide bonds. The second-order valence-electron chi connectivity index (χ2n) is 5.30. The van der Waals surface area contributed by atoms with Crippen LogP contribution in [0.3, 0.4) is 0 Å². The average Bonchev–Trinajstić information content (AvgIpc) is 2.55. The highest BCUT2D eigenvalue weighted by atomic mass is 35.5. The maximum atomic E-state index is 11.9. The van der Waals surface area contributed by atoms with Crippen LogP contribution in [-0.4, -0.2) is 23.5 Å². The Labute approximate surface area is 151 Å².